The van der Waals surface area contributed by atoms with Crippen molar-refractivity contribution in [1.82, 2.24) is 20.2 Å². The minimum absolute atomic E-state index is 0.000377. The van der Waals surface area contributed by atoms with Crippen molar-refractivity contribution in [1.29, 1.82) is 0 Å². The van der Waals surface area contributed by atoms with Crippen molar-refractivity contribution < 1.29 is 19.4 Å². The van der Waals surface area contributed by atoms with Gasteiger partial charge in [0.05, 0.1) is 18.8 Å². The van der Waals surface area contributed by atoms with Gasteiger partial charge >= 0.3 is 6.03 Å². The van der Waals surface area contributed by atoms with Crippen molar-refractivity contribution >= 4 is 17.7 Å². The summed E-state index contributed by atoms with van der Waals surface area (Å²) in [5, 5.41) is 15.3. The number of carbonyl (C=O) groups excluding carboxylic acids is 1. The number of nitrogens with one attached hydrogen (secondary N) is 2. The minimum Gasteiger partial charge on any atom is -0.392 e. The normalized spacial score (nSPS) is 22.1. The molecule has 2 fully saturated rings. The molecule has 3 N–H and O–H groups in total. The van der Waals surface area contributed by atoms with Crippen LogP contribution in [0.5, 0.6) is 0 Å². The average molecular weight is 609 g/mol. The topological polar surface area (TPSA) is 112 Å². The Bertz CT molecular complexity index is 1500. The number of nitrogens with zero attached hydrogens (tertiary/aromatic N) is 4. The number of aliphatic hydroxyl groups excluding tert-OH is 1. The molecule has 0 saturated carbocycles. The first-order chi connectivity index (χ1) is 22.1. The number of amides is 2. The van der Waals surface area contributed by atoms with Crippen LogP contribution in [0.25, 0.3) is 0 Å². The van der Waals surface area contributed by atoms with Gasteiger partial charge in [-0.05, 0) is 34.9 Å². The number of aliphatic hydroxyl groups is 1. The quantitative estimate of drug-likeness (QED) is 0.246. The number of carbonyl (C=O) groups is 1. The summed E-state index contributed by atoms with van der Waals surface area (Å²) in [6, 6.07) is 26.9. The second-order valence-electron chi connectivity index (χ2n) is 11.6. The lowest BCUT2D eigenvalue weighted by Crippen LogP contribution is -2.51. The fourth-order valence-corrected chi connectivity index (χ4v) is 5.84. The van der Waals surface area contributed by atoms with Crippen LogP contribution < -0.4 is 15.5 Å². The predicted molar refractivity (Wildman–Crippen MR) is 172 cm³/mol. The second kappa shape index (κ2) is 14.6. The summed E-state index contributed by atoms with van der Waals surface area (Å²) in [6.45, 7) is 6.88. The molecule has 0 radical (unpaired) electrons. The van der Waals surface area contributed by atoms with E-state index in [0.29, 0.717) is 12.2 Å². The lowest BCUT2D eigenvalue weighted by atomic mass is 9.90. The Labute approximate surface area is 264 Å². The third kappa shape index (κ3) is 7.84. The average Bonchev–Trinajstić information content (AvgIpc) is 3.10. The van der Waals surface area contributed by atoms with Crippen molar-refractivity contribution in [2.45, 2.75) is 38.6 Å². The highest BCUT2D eigenvalue weighted by molar-refractivity contribution is 5.89. The smallest absolute Gasteiger partial charge is 0.319 e. The van der Waals surface area contributed by atoms with Crippen molar-refractivity contribution in [2.24, 2.45) is 5.92 Å². The van der Waals surface area contributed by atoms with Crippen LogP contribution >= 0.6 is 0 Å². The Morgan fingerprint density at radius 3 is 2.22 bits per heavy atom. The van der Waals surface area contributed by atoms with Crippen LogP contribution in [0.2, 0.25) is 0 Å². The van der Waals surface area contributed by atoms with Crippen LogP contribution in [0, 0.1) is 5.92 Å². The highest BCUT2D eigenvalue weighted by Gasteiger charge is 2.39. The van der Waals surface area contributed by atoms with E-state index >= 15 is 0 Å². The summed E-state index contributed by atoms with van der Waals surface area (Å²) in [4.78, 5) is 26.0. The lowest BCUT2D eigenvalue weighted by Gasteiger charge is -2.44. The van der Waals surface area contributed by atoms with Crippen LogP contribution in [-0.2, 0) is 22.6 Å². The van der Waals surface area contributed by atoms with Gasteiger partial charge in [-0.2, -0.15) is 0 Å². The molecule has 10 heteroatoms. The summed E-state index contributed by atoms with van der Waals surface area (Å²) in [7, 11) is 0. The number of aromatic nitrogens is 2. The van der Waals surface area contributed by atoms with Crippen LogP contribution in [-0.4, -0.2) is 64.8 Å². The van der Waals surface area contributed by atoms with Gasteiger partial charge in [0.15, 0.2) is 6.29 Å². The molecule has 2 amide bonds. The number of hydrogen-bond acceptors (Lipinski definition) is 8. The molecule has 3 aromatic carbocycles. The largest absolute Gasteiger partial charge is 0.392 e. The molecule has 2 aliphatic rings. The molecule has 0 aliphatic carbocycles. The number of benzene rings is 3. The zero-order chi connectivity index (χ0) is 31.0. The Balaban J connectivity index is 1.12. The van der Waals surface area contributed by atoms with Crippen molar-refractivity contribution in [3.63, 3.8) is 0 Å². The van der Waals surface area contributed by atoms with E-state index < -0.39 is 6.29 Å². The van der Waals surface area contributed by atoms with E-state index in [1.807, 2.05) is 84.9 Å². The standard InChI is InChI=1S/C35H40N6O4/c1-25-31(23-40-18-20-41(21-19-40)34-36-16-5-17-37-34)44-33(45-32(25)28-10-8-27(24-42)9-11-28)29-12-14-30(15-13-29)39-35(43)38-22-26-6-3-2-4-7-26/h2-17,25,31-33,42H,18-24H2,1H3,(H2,38,39,43)/t25-,31+,32+,33+/m1/s1. The first kappa shape index (κ1) is 30.7. The molecule has 0 unspecified atom stereocenters. The second-order valence-corrected chi connectivity index (χ2v) is 11.6. The minimum atomic E-state index is -0.575. The molecule has 2 saturated heterocycles. The lowest BCUT2D eigenvalue weighted by molar-refractivity contribution is -0.276. The summed E-state index contributed by atoms with van der Waals surface area (Å²) in [5.41, 5.74) is 4.51. The molecule has 3 heterocycles. The van der Waals surface area contributed by atoms with Gasteiger partial charge in [-0.15, -0.1) is 0 Å². The van der Waals surface area contributed by atoms with Crippen LogP contribution in [0.3, 0.4) is 0 Å². The van der Waals surface area contributed by atoms with Gasteiger partial charge in [-0.25, -0.2) is 14.8 Å². The van der Waals surface area contributed by atoms with Crippen LogP contribution in [0.4, 0.5) is 16.4 Å². The first-order valence-electron chi connectivity index (χ1n) is 15.5. The zero-order valence-corrected chi connectivity index (χ0v) is 25.5. The van der Waals surface area contributed by atoms with E-state index in [0.717, 1.165) is 60.9 Å². The molecular weight excluding hydrogens is 568 g/mol. The number of anilines is 2. The molecule has 6 rings (SSSR count). The summed E-state index contributed by atoms with van der Waals surface area (Å²) in [6.07, 6.45) is 2.72. The molecule has 10 nitrogen and oxygen atoms in total. The van der Waals surface area contributed by atoms with Crippen molar-refractivity contribution in [3.8, 4) is 0 Å². The summed E-state index contributed by atoms with van der Waals surface area (Å²) >= 11 is 0. The Morgan fingerprint density at radius 2 is 1.53 bits per heavy atom. The van der Waals surface area contributed by atoms with E-state index in [9.17, 15) is 9.90 Å². The van der Waals surface area contributed by atoms with Gasteiger partial charge in [0.2, 0.25) is 5.95 Å². The fraction of sp³-hybridized carbons (Fsp3) is 0.343. The molecule has 0 spiro atoms. The highest BCUT2D eigenvalue weighted by Crippen LogP contribution is 2.42. The Morgan fingerprint density at radius 1 is 0.844 bits per heavy atom. The fourth-order valence-electron chi connectivity index (χ4n) is 5.84. The van der Waals surface area contributed by atoms with Crippen LogP contribution in [0.15, 0.2) is 97.3 Å². The van der Waals surface area contributed by atoms with Crippen molar-refractivity contribution in [3.05, 3.63) is 120 Å². The van der Waals surface area contributed by atoms with E-state index in [1.165, 1.54) is 0 Å². The summed E-state index contributed by atoms with van der Waals surface area (Å²) < 4.78 is 13.3. The van der Waals surface area contributed by atoms with Gasteiger partial charge in [-0.3, -0.25) is 4.90 Å². The third-order valence-corrected chi connectivity index (χ3v) is 8.51. The number of urea groups is 1. The SMILES string of the molecule is C[C@@H]1[C@H](CN2CCN(c3ncccn3)CC2)O[C@H](c2ccc(NC(=O)NCc3ccccc3)cc2)O[C@@H]1c1ccc(CO)cc1. The highest BCUT2D eigenvalue weighted by atomic mass is 16.7. The predicted octanol–water partition coefficient (Wildman–Crippen LogP) is 4.90. The molecule has 4 atom stereocenters. The van der Waals surface area contributed by atoms with Gasteiger partial charge in [0, 0.05) is 68.8 Å². The number of rotatable bonds is 9. The van der Waals surface area contributed by atoms with Gasteiger partial charge in [0.1, 0.15) is 0 Å². The monoisotopic (exact) mass is 608 g/mol. The third-order valence-electron chi connectivity index (χ3n) is 8.51. The van der Waals surface area contributed by atoms with Gasteiger partial charge in [-0.1, -0.05) is 73.7 Å². The molecule has 234 valence electrons. The first-order valence-corrected chi connectivity index (χ1v) is 15.5. The maximum absolute atomic E-state index is 12.5. The van der Waals surface area contributed by atoms with Gasteiger partial charge in [0.25, 0.3) is 0 Å². The summed E-state index contributed by atoms with van der Waals surface area (Å²) in [5.74, 6) is 0.858. The molecule has 45 heavy (non-hydrogen) atoms. The van der Waals surface area contributed by atoms with Crippen LogP contribution in [0.1, 0.15) is 41.6 Å². The maximum Gasteiger partial charge on any atom is 0.319 e. The number of ether oxygens (including phenoxy) is 2. The molecule has 0 bridgehead atoms. The Hall–Kier alpha value is -4.35. The molecule has 2 aliphatic heterocycles. The zero-order valence-electron chi connectivity index (χ0n) is 25.5. The van der Waals surface area contributed by atoms with E-state index in [4.69, 9.17) is 9.47 Å². The Kier molecular flexibility index (Phi) is 9.96. The van der Waals surface area contributed by atoms with Gasteiger partial charge < -0.3 is 30.1 Å². The number of hydrogen-bond donors (Lipinski definition) is 3. The molecular formula is C35H40N6O4. The van der Waals surface area contributed by atoms with E-state index in [-0.39, 0.29) is 30.8 Å². The van der Waals surface area contributed by atoms with Crippen molar-refractivity contribution in [2.75, 3.05) is 42.9 Å². The molecule has 1 aromatic heterocycles. The molecule has 4 aromatic rings. The van der Waals surface area contributed by atoms with E-state index in [2.05, 4.69) is 37.3 Å². The maximum atomic E-state index is 12.5. The van der Waals surface area contributed by atoms with E-state index in [1.54, 1.807) is 12.4 Å². The number of piperazine rings is 1.